The van der Waals surface area contributed by atoms with E-state index in [0.717, 1.165) is 31.2 Å². The van der Waals surface area contributed by atoms with Gasteiger partial charge in [0.2, 0.25) is 5.91 Å². The van der Waals surface area contributed by atoms with Gasteiger partial charge in [-0.1, -0.05) is 62.9 Å². The fourth-order valence-corrected chi connectivity index (χ4v) is 5.37. The highest BCUT2D eigenvalue weighted by Crippen LogP contribution is 2.36. The van der Waals surface area contributed by atoms with Crippen LogP contribution in [0.3, 0.4) is 0 Å². The summed E-state index contributed by atoms with van der Waals surface area (Å²) in [4.78, 5) is 35.9. The molecule has 228 valence electrons. The zero-order valence-corrected chi connectivity index (χ0v) is 23.9. The number of ether oxygens (including phenoxy) is 4. The van der Waals surface area contributed by atoms with Gasteiger partial charge in [0.25, 0.3) is 5.69 Å². The van der Waals surface area contributed by atoms with Crippen molar-refractivity contribution in [3.63, 3.8) is 0 Å². The normalized spacial score (nSPS) is 25.0. The molecule has 2 saturated heterocycles. The molecule has 1 amide bonds. The van der Waals surface area contributed by atoms with E-state index in [9.17, 15) is 24.8 Å². The number of hydrogen-bond acceptors (Lipinski definition) is 9. The third-order valence-corrected chi connectivity index (χ3v) is 7.63. The van der Waals surface area contributed by atoms with Gasteiger partial charge >= 0.3 is 5.97 Å². The van der Waals surface area contributed by atoms with E-state index in [2.05, 4.69) is 12.2 Å². The maximum absolute atomic E-state index is 13.1. The Morgan fingerprint density at radius 1 is 1.02 bits per heavy atom. The molecule has 2 aliphatic rings. The Kier molecular flexibility index (Phi) is 11.8. The van der Waals surface area contributed by atoms with E-state index < -0.39 is 48.0 Å². The molecule has 0 saturated carbocycles. The summed E-state index contributed by atoms with van der Waals surface area (Å²) in [6, 6.07) is 14.6. The number of aliphatic hydroxyl groups excluding tert-OH is 1. The van der Waals surface area contributed by atoms with Crippen LogP contribution in [0, 0.1) is 10.1 Å². The van der Waals surface area contributed by atoms with Crippen LogP contribution in [0.4, 0.5) is 5.69 Å². The summed E-state index contributed by atoms with van der Waals surface area (Å²) in [7, 11) is 0. The smallest absolute Gasteiger partial charge is 0.338 e. The Hall–Kier alpha value is -3.38. The van der Waals surface area contributed by atoms with Crippen LogP contribution < -0.4 is 5.32 Å². The molecule has 2 aromatic carbocycles. The predicted octanol–water partition coefficient (Wildman–Crippen LogP) is 4.10. The summed E-state index contributed by atoms with van der Waals surface area (Å²) in [6.45, 7) is 2.25. The van der Waals surface area contributed by atoms with Crippen LogP contribution in [0.2, 0.25) is 0 Å². The Bertz CT molecular complexity index is 1160. The van der Waals surface area contributed by atoms with Gasteiger partial charge in [0.1, 0.15) is 18.3 Å². The number of unbranched alkanes of at least 4 members (excludes halogenated alkanes) is 4. The zero-order chi connectivity index (χ0) is 29.9. The van der Waals surface area contributed by atoms with Gasteiger partial charge in [-0.2, -0.15) is 0 Å². The number of nitro groups is 1. The second-order valence-electron chi connectivity index (χ2n) is 10.8. The summed E-state index contributed by atoms with van der Waals surface area (Å²) in [6.07, 6.45) is 2.22. The molecule has 11 heteroatoms. The monoisotopic (exact) mass is 584 g/mol. The van der Waals surface area contributed by atoms with Crippen LogP contribution in [0.15, 0.2) is 54.6 Å². The number of aliphatic hydroxyl groups is 1. The first-order valence-corrected chi connectivity index (χ1v) is 14.7. The van der Waals surface area contributed by atoms with Crippen molar-refractivity contribution in [2.45, 2.75) is 95.1 Å². The standard InChI is InChI=1S/C31H40N2O9/c1-2-3-4-5-9-12-27(35)32-18-24-17-25-28(40-24)30(39-20-21-10-7-6-8-11-21)29(26(19-34)41-25)42-31(36)22-13-15-23(16-14-22)33(37)38/h6-8,10-11,13-16,24-26,28-30,34H,2-5,9,12,17-20H2,1H3,(H,32,35)/t24?,25-,26-,28+,29-,30-/m1/s1. The largest absolute Gasteiger partial charge is 0.453 e. The Labute approximate surface area is 245 Å². The summed E-state index contributed by atoms with van der Waals surface area (Å²) in [5.74, 6) is -0.754. The van der Waals surface area contributed by atoms with Crippen molar-refractivity contribution in [1.29, 1.82) is 0 Å². The molecule has 11 nitrogen and oxygen atoms in total. The molecule has 2 heterocycles. The van der Waals surface area contributed by atoms with Gasteiger partial charge in [-0.25, -0.2) is 4.79 Å². The van der Waals surface area contributed by atoms with E-state index in [4.69, 9.17) is 18.9 Å². The first kappa shape index (κ1) is 31.6. The second kappa shape index (κ2) is 15.7. The number of esters is 1. The van der Waals surface area contributed by atoms with Crippen molar-refractivity contribution >= 4 is 17.6 Å². The van der Waals surface area contributed by atoms with Crippen LogP contribution in [0.1, 0.15) is 67.8 Å². The lowest BCUT2D eigenvalue weighted by atomic mass is 9.94. The quantitative estimate of drug-likeness (QED) is 0.137. The highest BCUT2D eigenvalue weighted by Gasteiger charge is 2.53. The molecule has 2 aromatic rings. The maximum Gasteiger partial charge on any atom is 0.338 e. The number of fused-ring (bicyclic) bond motifs is 1. The average Bonchev–Trinajstić information content (AvgIpc) is 3.42. The lowest BCUT2D eigenvalue weighted by molar-refractivity contribution is -0.384. The van der Waals surface area contributed by atoms with E-state index in [1.807, 2.05) is 30.3 Å². The van der Waals surface area contributed by atoms with Gasteiger partial charge in [0, 0.05) is 31.5 Å². The van der Waals surface area contributed by atoms with Crippen molar-refractivity contribution in [2.75, 3.05) is 13.2 Å². The van der Waals surface area contributed by atoms with E-state index in [-0.39, 0.29) is 29.9 Å². The minimum absolute atomic E-state index is 0.0223. The molecule has 4 rings (SSSR count). The van der Waals surface area contributed by atoms with Gasteiger partial charge in [-0.05, 0) is 24.1 Å². The van der Waals surface area contributed by atoms with Crippen LogP contribution >= 0.6 is 0 Å². The molecule has 2 N–H and O–H groups in total. The molecule has 0 radical (unpaired) electrons. The summed E-state index contributed by atoms with van der Waals surface area (Å²) in [5.41, 5.74) is 0.868. The minimum atomic E-state index is -1.01. The number of carbonyl (C=O) groups excluding carboxylic acids is 2. The van der Waals surface area contributed by atoms with Crippen molar-refractivity contribution in [1.82, 2.24) is 5.32 Å². The topological polar surface area (TPSA) is 146 Å². The number of nitro benzene ring substituents is 1. The zero-order valence-electron chi connectivity index (χ0n) is 23.9. The second-order valence-corrected chi connectivity index (χ2v) is 10.8. The molecule has 0 spiro atoms. The number of hydrogen-bond donors (Lipinski definition) is 2. The molecular weight excluding hydrogens is 544 g/mol. The van der Waals surface area contributed by atoms with Crippen molar-refractivity contribution < 1.29 is 38.6 Å². The van der Waals surface area contributed by atoms with Crippen molar-refractivity contribution in [2.24, 2.45) is 0 Å². The van der Waals surface area contributed by atoms with Gasteiger partial charge in [-0.15, -0.1) is 0 Å². The number of non-ortho nitro benzene ring substituents is 1. The van der Waals surface area contributed by atoms with E-state index in [1.165, 1.54) is 30.7 Å². The molecular formula is C31H40N2O9. The number of carbonyl (C=O) groups is 2. The maximum atomic E-state index is 13.1. The lowest BCUT2D eigenvalue weighted by Gasteiger charge is -2.42. The SMILES string of the molecule is CCCCCCCC(=O)NCC1C[C@H]2O[C@H](CO)[C@@H](OC(=O)c3ccc([N+](=O)[O-])cc3)[C@H](OCc3ccccc3)[C@H]2O1. The van der Waals surface area contributed by atoms with Gasteiger partial charge < -0.3 is 29.4 Å². The molecule has 0 aromatic heterocycles. The molecule has 0 aliphatic carbocycles. The summed E-state index contributed by atoms with van der Waals surface area (Å²) < 4.78 is 24.6. The highest BCUT2D eigenvalue weighted by molar-refractivity contribution is 5.89. The molecule has 2 aliphatic heterocycles. The van der Waals surface area contributed by atoms with Gasteiger partial charge in [0.15, 0.2) is 6.10 Å². The lowest BCUT2D eigenvalue weighted by Crippen LogP contribution is -2.59. The van der Waals surface area contributed by atoms with Crippen LogP contribution in [-0.2, 0) is 30.3 Å². The van der Waals surface area contributed by atoms with E-state index in [0.29, 0.717) is 19.4 Å². The van der Waals surface area contributed by atoms with Crippen LogP contribution in [0.25, 0.3) is 0 Å². The molecule has 42 heavy (non-hydrogen) atoms. The van der Waals surface area contributed by atoms with E-state index >= 15 is 0 Å². The summed E-state index contributed by atoms with van der Waals surface area (Å²) in [5, 5.41) is 24.2. The van der Waals surface area contributed by atoms with Crippen molar-refractivity contribution in [3.05, 3.63) is 75.8 Å². The summed E-state index contributed by atoms with van der Waals surface area (Å²) >= 11 is 0. The molecule has 6 atom stereocenters. The number of nitrogens with one attached hydrogen (secondary N) is 1. The Morgan fingerprint density at radius 3 is 2.45 bits per heavy atom. The number of nitrogens with zero attached hydrogens (tertiary/aromatic N) is 1. The Morgan fingerprint density at radius 2 is 1.76 bits per heavy atom. The number of amides is 1. The van der Waals surface area contributed by atoms with Crippen LogP contribution in [-0.4, -0.2) is 71.7 Å². The fourth-order valence-electron chi connectivity index (χ4n) is 5.37. The van der Waals surface area contributed by atoms with Gasteiger partial charge in [0.05, 0.1) is 35.9 Å². The average molecular weight is 585 g/mol. The minimum Gasteiger partial charge on any atom is -0.453 e. The number of rotatable bonds is 15. The highest BCUT2D eigenvalue weighted by atomic mass is 16.6. The molecule has 2 fully saturated rings. The fraction of sp³-hybridized carbons (Fsp3) is 0.548. The molecule has 1 unspecified atom stereocenters. The van der Waals surface area contributed by atoms with E-state index in [1.54, 1.807) is 0 Å². The third-order valence-electron chi connectivity index (χ3n) is 7.63. The van der Waals surface area contributed by atoms with Gasteiger partial charge in [-0.3, -0.25) is 14.9 Å². The first-order chi connectivity index (χ1) is 20.4. The number of benzene rings is 2. The van der Waals surface area contributed by atoms with Crippen LogP contribution in [0.5, 0.6) is 0 Å². The van der Waals surface area contributed by atoms with Crippen molar-refractivity contribution in [3.8, 4) is 0 Å². The predicted molar refractivity (Wildman–Crippen MR) is 153 cm³/mol. The molecule has 0 bridgehead atoms. The third kappa shape index (κ3) is 8.57. The first-order valence-electron chi connectivity index (χ1n) is 14.7. The Balaban J connectivity index is 1.43.